The fraction of sp³-hybridized carbons (Fsp3) is 0.238. The third-order valence-electron chi connectivity index (χ3n) is 3.73. The van der Waals surface area contributed by atoms with E-state index < -0.39 is 0 Å². The van der Waals surface area contributed by atoms with Crippen LogP contribution in [0.15, 0.2) is 57.6 Å². The fourth-order valence-electron chi connectivity index (χ4n) is 2.54. The maximum atomic E-state index is 12.2. The van der Waals surface area contributed by atoms with Crippen LogP contribution in [0.1, 0.15) is 25.0 Å². The van der Waals surface area contributed by atoms with Crippen LogP contribution in [-0.4, -0.2) is 21.9 Å². The van der Waals surface area contributed by atoms with Crippen LogP contribution in [0.3, 0.4) is 0 Å². The molecule has 0 amide bonds. The number of carbonyl (C=O) groups excluding carboxylic acids is 1. The van der Waals surface area contributed by atoms with E-state index in [1.165, 1.54) is 11.8 Å². The van der Waals surface area contributed by atoms with Gasteiger partial charge in [0.05, 0.1) is 11.1 Å². The van der Waals surface area contributed by atoms with Crippen LogP contribution in [0.2, 0.25) is 0 Å². The van der Waals surface area contributed by atoms with Crippen molar-refractivity contribution in [1.82, 2.24) is 0 Å². The minimum absolute atomic E-state index is 0.0329. The van der Waals surface area contributed by atoms with E-state index >= 15 is 0 Å². The first-order valence-corrected chi connectivity index (χ1v) is 11.5. The topological polar surface area (TPSA) is 47.9 Å². The molecule has 0 saturated heterocycles. The lowest BCUT2D eigenvalue weighted by molar-refractivity contribution is -0.107. The van der Waals surface area contributed by atoms with Crippen LogP contribution in [0.4, 0.5) is 0 Å². The maximum absolute atomic E-state index is 12.2. The Hall–Kier alpha value is -1.70. The number of benzene rings is 2. The van der Waals surface area contributed by atoms with Gasteiger partial charge < -0.3 is 9.47 Å². The summed E-state index contributed by atoms with van der Waals surface area (Å²) in [5, 5.41) is -0.0329. The molecule has 1 aliphatic rings. The van der Waals surface area contributed by atoms with Gasteiger partial charge in [0.2, 0.25) is 5.12 Å². The maximum Gasteiger partial charge on any atom is 0.244 e. The molecule has 0 atom stereocenters. The summed E-state index contributed by atoms with van der Waals surface area (Å²) in [4.78, 5) is 16.6. The third-order valence-corrected chi connectivity index (χ3v) is 6.21. The molecule has 2 aromatic carbocycles. The van der Waals surface area contributed by atoms with Gasteiger partial charge >= 0.3 is 0 Å². The summed E-state index contributed by atoms with van der Waals surface area (Å²) in [6, 6.07) is 13.8. The second-order valence-corrected chi connectivity index (χ2v) is 9.09. The van der Waals surface area contributed by atoms with Crippen molar-refractivity contribution in [3.05, 3.63) is 63.8 Å². The summed E-state index contributed by atoms with van der Waals surface area (Å²) in [7, 11) is 0. The van der Waals surface area contributed by atoms with Crippen molar-refractivity contribution in [1.29, 1.82) is 0 Å². The number of nitrogens with zero attached hydrogens (tertiary/aromatic N) is 1. The number of carbonyl (C=O) groups is 1. The van der Waals surface area contributed by atoms with Crippen molar-refractivity contribution in [2.75, 3.05) is 12.4 Å². The SMILES string of the molecule is CCOc1cc(C=C2N=C(SCC)SC2=O)cc(Br)c1OCc1ccccc1. The highest BCUT2D eigenvalue weighted by Crippen LogP contribution is 2.39. The quantitative estimate of drug-likeness (QED) is 0.447. The van der Waals surface area contributed by atoms with Crippen molar-refractivity contribution in [2.24, 2.45) is 4.99 Å². The second-order valence-electron chi connectivity index (χ2n) is 5.77. The highest BCUT2D eigenvalue weighted by atomic mass is 79.9. The molecule has 2 aromatic rings. The van der Waals surface area contributed by atoms with Gasteiger partial charge in [0.25, 0.3) is 0 Å². The van der Waals surface area contributed by atoms with Crippen LogP contribution in [0.5, 0.6) is 11.5 Å². The summed E-state index contributed by atoms with van der Waals surface area (Å²) in [6.45, 7) is 4.92. The first-order valence-electron chi connectivity index (χ1n) is 8.89. The van der Waals surface area contributed by atoms with Gasteiger partial charge in [-0.1, -0.05) is 49.0 Å². The lowest BCUT2D eigenvalue weighted by atomic mass is 10.1. The molecule has 0 aromatic heterocycles. The van der Waals surface area contributed by atoms with Crippen molar-refractivity contribution in [3.63, 3.8) is 0 Å². The Bertz CT molecular complexity index is 913. The molecule has 28 heavy (non-hydrogen) atoms. The summed E-state index contributed by atoms with van der Waals surface area (Å²) in [5.74, 6) is 2.16. The highest BCUT2D eigenvalue weighted by molar-refractivity contribution is 9.10. The standard InChI is InChI=1S/C21H20BrNO3S2/c1-3-25-18-12-15(11-17-20(24)28-21(23-17)27-4-2)10-16(22)19(18)26-13-14-8-6-5-7-9-14/h5-12H,3-4,13H2,1-2H3. The van der Waals surface area contributed by atoms with E-state index in [0.29, 0.717) is 30.4 Å². The lowest BCUT2D eigenvalue weighted by Gasteiger charge is -2.15. The predicted octanol–water partition coefficient (Wildman–Crippen LogP) is 6.15. The summed E-state index contributed by atoms with van der Waals surface area (Å²) in [5.41, 5.74) is 2.36. The van der Waals surface area contributed by atoms with Crippen LogP contribution < -0.4 is 9.47 Å². The molecule has 0 spiro atoms. The molecule has 1 heterocycles. The first-order chi connectivity index (χ1) is 13.6. The Morgan fingerprint density at radius 2 is 1.96 bits per heavy atom. The first kappa shape index (κ1) is 21.0. The Morgan fingerprint density at radius 3 is 2.68 bits per heavy atom. The normalized spacial score (nSPS) is 15.0. The molecule has 0 saturated carbocycles. The van der Waals surface area contributed by atoms with E-state index in [-0.39, 0.29) is 5.12 Å². The van der Waals surface area contributed by atoms with Gasteiger partial charge in [-0.25, -0.2) is 4.99 Å². The van der Waals surface area contributed by atoms with Gasteiger partial charge in [-0.3, -0.25) is 4.79 Å². The lowest BCUT2D eigenvalue weighted by Crippen LogP contribution is -2.01. The predicted molar refractivity (Wildman–Crippen MR) is 122 cm³/mol. The Labute approximate surface area is 181 Å². The fourth-order valence-corrected chi connectivity index (χ4v) is 4.85. The van der Waals surface area contributed by atoms with Crippen molar-refractivity contribution in [2.45, 2.75) is 20.5 Å². The average molecular weight is 478 g/mol. The van der Waals surface area contributed by atoms with E-state index in [9.17, 15) is 4.79 Å². The summed E-state index contributed by atoms with van der Waals surface area (Å²) >= 11 is 6.34. The van der Waals surface area contributed by atoms with Crippen molar-refractivity contribution in [3.8, 4) is 11.5 Å². The molecule has 0 aliphatic carbocycles. The molecule has 0 bridgehead atoms. The van der Waals surface area contributed by atoms with Gasteiger partial charge in [0.15, 0.2) is 11.5 Å². The Morgan fingerprint density at radius 1 is 1.18 bits per heavy atom. The van der Waals surface area contributed by atoms with Crippen LogP contribution in [0.25, 0.3) is 6.08 Å². The Balaban J connectivity index is 1.86. The molecule has 4 nitrogen and oxygen atoms in total. The minimum atomic E-state index is -0.0329. The average Bonchev–Trinajstić information content (AvgIpc) is 3.01. The number of halogens is 1. The van der Waals surface area contributed by atoms with Crippen molar-refractivity contribution >= 4 is 55.0 Å². The van der Waals surface area contributed by atoms with Gasteiger partial charge in [-0.05, 0) is 69.7 Å². The van der Waals surface area contributed by atoms with Gasteiger partial charge in [0, 0.05) is 0 Å². The van der Waals surface area contributed by atoms with E-state index in [4.69, 9.17) is 9.47 Å². The highest BCUT2D eigenvalue weighted by Gasteiger charge is 2.22. The van der Waals surface area contributed by atoms with Crippen molar-refractivity contribution < 1.29 is 14.3 Å². The zero-order valence-electron chi connectivity index (χ0n) is 15.6. The van der Waals surface area contributed by atoms with Gasteiger partial charge in [-0.15, -0.1) is 0 Å². The van der Waals surface area contributed by atoms with E-state index in [1.807, 2.05) is 56.3 Å². The van der Waals surface area contributed by atoms with Crippen LogP contribution >= 0.6 is 39.5 Å². The summed E-state index contributed by atoms with van der Waals surface area (Å²) < 4.78 is 13.4. The van der Waals surface area contributed by atoms with E-state index in [1.54, 1.807) is 17.8 Å². The Kier molecular flexibility index (Phi) is 7.65. The molecule has 0 radical (unpaired) electrons. The number of ether oxygens (including phenoxy) is 2. The van der Waals surface area contributed by atoms with Crippen LogP contribution in [-0.2, 0) is 11.4 Å². The summed E-state index contributed by atoms with van der Waals surface area (Å²) in [6.07, 6.45) is 1.78. The number of thioether (sulfide) groups is 2. The second kappa shape index (κ2) is 10.2. The molecule has 0 unspecified atom stereocenters. The van der Waals surface area contributed by atoms with Gasteiger partial charge in [0.1, 0.15) is 16.7 Å². The minimum Gasteiger partial charge on any atom is -0.490 e. The molecular formula is C21H20BrNO3S2. The number of rotatable bonds is 7. The molecular weight excluding hydrogens is 458 g/mol. The molecule has 1 aliphatic heterocycles. The number of hydrogen-bond acceptors (Lipinski definition) is 6. The largest absolute Gasteiger partial charge is 0.490 e. The molecule has 0 N–H and O–H groups in total. The third kappa shape index (κ3) is 5.43. The molecule has 0 fully saturated rings. The van der Waals surface area contributed by atoms with E-state index in [2.05, 4.69) is 20.9 Å². The monoisotopic (exact) mass is 477 g/mol. The number of hydrogen-bond donors (Lipinski definition) is 0. The van der Waals surface area contributed by atoms with Gasteiger partial charge in [-0.2, -0.15) is 0 Å². The number of aliphatic imine (C=N–C) groups is 1. The molecule has 146 valence electrons. The van der Waals surface area contributed by atoms with E-state index in [0.717, 1.165) is 25.7 Å². The smallest absolute Gasteiger partial charge is 0.244 e. The zero-order chi connectivity index (χ0) is 19.9. The molecule has 3 rings (SSSR count). The molecule has 7 heteroatoms. The zero-order valence-corrected chi connectivity index (χ0v) is 18.8. The van der Waals surface area contributed by atoms with Crippen LogP contribution in [0, 0.1) is 0 Å².